The first kappa shape index (κ1) is 16.2. The molecule has 0 radical (unpaired) electrons. The lowest BCUT2D eigenvalue weighted by Crippen LogP contribution is -2.52. The Morgan fingerprint density at radius 3 is 2.78 bits per heavy atom. The van der Waals surface area contributed by atoms with Crippen LogP contribution in [0.15, 0.2) is 18.2 Å². The first-order chi connectivity index (χ1) is 11.1. The maximum absolute atomic E-state index is 12.7. The minimum absolute atomic E-state index is 0.100. The average Bonchev–Trinajstić information content (AvgIpc) is 2.86. The van der Waals surface area contributed by atoms with Gasteiger partial charge in [0, 0.05) is 23.9 Å². The highest BCUT2D eigenvalue weighted by molar-refractivity contribution is 9.09. The molecular formula is C17H19BrN2O3. The van der Waals surface area contributed by atoms with Gasteiger partial charge in [-0.05, 0) is 42.9 Å². The molecule has 1 N–H and O–H groups in total. The number of imide groups is 1. The maximum Gasteiger partial charge on any atom is 0.255 e. The minimum Gasteiger partial charge on any atom is -0.322 e. The number of amides is 3. The molecule has 2 aliphatic heterocycles. The highest BCUT2D eigenvalue weighted by atomic mass is 79.9. The fourth-order valence-electron chi connectivity index (χ4n) is 3.29. The molecule has 5 nitrogen and oxygen atoms in total. The van der Waals surface area contributed by atoms with E-state index in [-0.39, 0.29) is 24.1 Å². The summed E-state index contributed by atoms with van der Waals surface area (Å²) in [5, 5.41) is 3.31. The highest BCUT2D eigenvalue weighted by Gasteiger charge is 2.39. The van der Waals surface area contributed by atoms with Crippen LogP contribution in [0.25, 0.3) is 0 Å². The summed E-state index contributed by atoms with van der Waals surface area (Å²) in [5.74, 6) is -0.717. The molecule has 0 bridgehead atoms. The van der Waals surface area contributed by atoms with Gasteiger partial charge in [-0.1, -0.05) is 28.1 Å². The van der Waals surface area contributed by atoms with Crippen LogP contribution in [0.4, 0.5) is 0 Å². The van der Waals surface area contributed by atoms with E-state index in [1.165, 1.54) is 5.56 Å². The van der Waals surface area contributed by atoms with Crippen LogP contribution in [0, 0.1) is 0 Å². The zero-order valence-electron chi connectivity index (χ0n) is 12.8. The summed E-state index contributed by atoms with van der Waals surface area (Å²) in [7, 11) is 0. The second-order valence-electron chi connectivity index (χ2n) is 5.99. The predicted molar refractivity (Wildman–Crippen MR) is 89.2 cm³/mol. The lowest BCUT2D eigenvalue weighted by molar-refractivity contribution is -0.136. The Morgan fingerprint density at radius 1 is 1.22 bits per heavy atom. The van der Waals surface area contributed by atoms with E-state index in [1.807, 2.05) is 12.1 Å². The monoisotopic (exact) mass is 378 g/mol. The molecule has 0 aliphatic carbocycles. The van der Waals surface area contributed by atoms with Crippen molar-refractivity contribution in [3.63, 3.8) is 0 Å². The van der Waals surface area contributed by atoms with E-state index in [0.29, 0.717) is 18.5 Å². The Kier molecular flexibility index (Phi) is 4.80. The van der Waals surface area contributed by atoms with Crippen LogP contribution in [0.3, 0.4) is 0 Å². The third kappa shape index (κ3) is 3.17. The van der Waals surface area contributed by atoms with Gasteiger partial charge in [-0.25, -0.2) is 0 Å². The maximum atomic E-state index is 12.7. The number of hydrogen-bond acceptors (Lipinski definition) is 3. The van der Waals surface area contributed by atoms with Gasteiger partial charge in [-0.15, -0.1) is 0 Å². The van der Waals surface area contributed by atoms with Gasteiger partial charge in [0.15, 0.2) is 0 Å². The molecule has 3 rings (SSSR count). The second-order valence-corrected chi connectivity index (χ2v) is 6.78. The van der Waals surface area contributed by atoms with Crippen LogP contribution < -0.4 is 5.32 Å². The minimum atomic E-state index is -0.539. The quantitative estimate of drug-likeness (QED) is 0.485. The van der Waals surface area contributed by atoms with Crippen molar-refractivity contribution in [1.82, 2.24) is 10.2 Å². The molecule has 122 valence electrons. The number of aryl methyl sites for hydroxylation is 1. The van der Waals surface area contributed by atoms with Gasteiger partial charge in [0.1, 0.15) is 6.04 Å². The number of carbonyl (C=O) groups is 3. The summed E-state index contributed by atoms with van der Waals surface area (Å²) >= 11 is 3.43. The van der Waals surface area contributed by atoms with E-state index in [2.05, 4.69) is 27.3 Å². The normalized spacial score (nSPS) is 20.7. The first-order valence-corrected chi connectivity index (χ1v) is 9.05. The molecular weight excluding hydrogens is 360 g/mol. The lowest BCUT2D eigenvalue weighted by atomic mass is 9.99. The Morgan fingerprint density at radius 2 is 2.04 bits per heavy atom. The Bertz CT molecular complexity index is 659. The van der Waals surface area contributed by atoms with Crippen molar-refractivity contribution < 1.29 is 14.4 Å². The molecule has 1 aromatic rings. The molecule has 0 spiro atoms. The Balaban J connectivity index is 1.80. The lowest BCUT2D eigenvalue weighted by Gasteiger charge is -2.29. The molecule has 0 saturated carbocycles. The predicted octanol–water partition coefficient (Wildman–Crippen LogP) is 2.17. The van der Waals surface area contributed by atoms with Crippen molar-refractivity contribution in [2.45, 2.75) is 44.7 Å². The third-order valence-corrected chi connectivity index (χ3v) is 5.07. The zero-order chi connectivity index (χ0) is 16.4. The van der Waals surface area contributed by atoms with Crippen molar-refractivity contribution in [2.24, 2.45) is 0 Å². The Hall–Kier alpha value is -1.69. The number of hydrogen-bond donors (Lipinski definition) is 1. The molecule has 1 aromatic carbocycles. The van der Waals surface area contributed by atoms with Crippen LogP contribution in [0.5, 0.6) is 0 Å². The van der Waals surface area contributed by atoms with E-state index in [9.17, 15) is 14.4 Å². The molecule has 6 heteroatoms. The van der Waals surface area contributed by atoms with Crippen molar-refractivity contribution in [3.05, 3.63) is 34.9 Å². The number of fused-ring (bicyclic) bond motifs is 1. The molecule has 3 amide bonds. The zero-order valence-corrected chi connectivity index (χ0v) is 14.4. The van der Waals surface area contributed by atoms with E-state index in [1.54, 1.807) is 4.90 Å². The van der Waals surface area contributed by atoms with Crippen LogP contribution in [-0.4, -0.2) is 34.0 Å². The standard InChI is InChI=1S/C17H19BrN2O3/c18-9-2-1-4-11-5-3-6-12-13(11)10-20(17(12)23)14-7-8-15(21)19-16(14)22/h3,5-6,14H,1-2,4,7-10H2,(H,19,21,22). The Labute approximate surface area is 143 Å². The van der Waals surface area contributed by atoms with E-state index >= 15 is 0 Å². The number of rotatable bonds is 5. The van der Waals surface area contributed by atoms with E-state index < -0.39 is 6.04 Å². The largest absolute Gasteiger partial charge is 0.322 e. The fraction of sp³-hybridized carbons (Fsp3) is 0.471. The number of unbranched alkanes of at least 4 members (excludes halogenated alkanes) is 1. The number of alkyl halides is 1. The molecule has 1 unspecified atom stereocenters. The smallest absolute Gasteiger partial charge is 0.255 e. The average molecular weight is 379 g/mol. The van der Waals surface area contributed by atoms with Gasteiger partial charge in [0.2, 0.25) is 11.8 Å². The molecule has 1 saturated heterocycles. The summed E-state index contributed by atoms with van der Waals surface area (Å²) in [6, 6.07) is 5.27. The van der Waals surface area contributed by atoms with Crippen molar-refractivity contribution in [3.8, 4) is 0 Å². The number of nitrogens with one attached hydrogen (secondary N) is 1. The summed E-state index contributed by atoms with van der Waals surface area (Å²) in [5.41, 5.74) is 2.93. The van der Waals surface area contributed by atoms with Crippen LogP contribution >= 0.6 is 15.9 Å². The SMILES string of the molecule is O=C1CCC(N2Cc3c(CCCCBr)cccc3C2=O)C(=O)N1. The second kappa shape index (κ2) is 6.83. The van der Waals surface area contributed by atoms with Crippen LogP contribution in [0.1, 0.15) is 47.2 Å². The summed E-state index contributed by atoms with van der Waals surface area (Å²) in [6.45, 7) is 0.463. The van der Waals surface area contributed by atoms with Crippen LogP contribution in [-0.2, 0) is 22.6 Å². The first-order valence-electron chi connectivity index (χ1n) is 7.93. The molecule has 1 fully saturated rings. The van der Waals surface area contributed by atoms with E-state index in [0.717, 1.165) is 30.2 Å². The summed E-state index contributed by atoms with van der Waals surface area (Å²) in [6.07, 6.45) is 3.78. The molecule has 2 aliphatic rings. The van der Waals surface area contributed by atoms with Crippen molar-refractivity contribution in [1.29, 1.82) is 0 Å². The number of halogens is 1. The fourth-order valence-corrected chi connectivity index (χ4v) is 3.69. The molecule has 0 aromatic heterocycles. The van der Waals surface area contributed by atoms with Gasteiger partial charge in [-0.2, -0.15) is 0 Å². The summed E-state index contributed by atoms with van der Waals surface area (Å²) in [4.78, 5) is 37.6. The molecule has 2 heterocycles. The third-order valence-electron chi connectivity index (χ3n) is 4.51. The van der Waals surface area contributed by atoms with Gasteiger partial charge in [0.05, 0.1) is 0 Å². The highest BCUT2D eigenvalue weighted by Crippen LogP contribution is 2.30. The van der Waals surface area contributed by atoms with Gasteiger partial charge in [0.25, 0.3) is 5.91 Å². The number of benzene rings is 1. The number of nitrogens with zero attached hydrogens (tertiary/aromatic N) is 1. The van der Waals surface area contributed by atoms with Gasteiger partial charge >= 0.3 is 0 Å². The number of piperidine rings is 1. The topological polar surface area (TPSA) is 66.5 Å². The van der Waals surface area contributed by atoms with Crippen molar-refractivity contribution >= 4 is 33.7 Å². The molecule has 1 atom stereocenters. The summed E-state index contributed by atoms with van der Waals surface area (Å²) < 4.78 is 0. The number of carbonyl (C=O) groups excluding carboxylic acids is 3. The van der Waals surface area contributed by atoms with Crippen molar-refractivity contribution in [2.75, 3.05) is 5.33 Å². The van der Waals surface area contributed by atoms with Gasteiger partial charge in [-0.3, -0.25) is 19.7 Å². The van der Waals surface area contributed by atoms with Crippen LogP contribution in [0.2, 0.25) is 0 Å². The van der Waals surface area contributed by atoms with Gasteiger partial charge < -0.3 is 4.90 Å². The van der Waals surface area contributed by atoms with E-state index in [4.69, 9.17) is 0 Å². The molecule has 23 heavy (non-hydrogen) atoms.